The maximum absolute atomic E-state index is 12.2. The highest BCUT2D eigenvalue weighted by Crippen LogP contribution is 2.24. The molecule has 3 aromatic rings. The number of rotatable bonds is 7. The van der Waals surface area contributed by atoms with Crippen molar-refractivity contribution in [2.45, 2.75) is 10.8 Å². The van der Waals surface area contributed by atoms with Crippen molar-refractivity contribution in [2.75, 3.05) is 26.0 Å². The van der Waals surface area contributed by atoms with Gasteiger partial charge in [-0.1, -0.05) is 60.7 Å². The normalized spacial score (nSPS) is 11.5. The van der Waals surface area contributed by atoms with E-state index in [1.807, 2.05) is 36.4 Å². The van der Waals surface area contributed by atoms with Crippen LogP contribution in [0.4, 0.5) is 5.69 Å². The number of nitrogens with zero attached hydrogens (tertiary/aromatic N) is 1. The zero-order chi connectivity index (χ0) is 21.6. The summed E-state index contributed by atoms with van der Waals surface area (Å²) in [5.74, 6) is 0.153. The van der Waals surface area contributed by atoms with E-state index in [9.17, 15) is 8.42 Å². The maximum atomic E-state index is 12.2. The Balaban J connectivity index is 1.66. The van der Waals surface area contributed by atoms with E-state index in [-0.39, 0.29) is 10.8 Å². The molecule has 156 valence electrons. The van der Waals surface area contributed by atoms with Gasteiger partial charge < -0.3 is 10.6 Å². The van der Waals surface area contributed by atoms with Crippen LogP contribution in [0.1, 0.15) is 17.0 Å². The largest absolute Gasteiger partial charge is 0.361 e. The van der Waals surface area contributed by atoms with E-state index in [4.69, 9.17) is 12.2 Å². The highest BCUT2D eigenvalue weighted by Gasteiger charge is 2.17. The average Bonchev–Trinajstić information content (AvgIpc) is 2.76. The molecule has 0 radical (unpaired) electrons. The van der Waals surface area contributed by atoms with Crippen LogP contribution in [0.3, 0.4) is 0 Å². The standard InChI is InChI=1S/C23H25N3O2S2/c1-26(2)30(27,28)21-15-13-20(14-16-21)25-23(29)24-17-22(18-9-5-3-6-10-18)19-11-7-4-8-12-19/h3-16,22H,17H2,1-2H3,(H2,24,25,29). The van der Waals surface area contributed by atoms with Gasteiger partial charge in [-0.25, -0.2) is 12.7 Å². The monoisotopic (exact) mass is 439 g/mol. The second kappa shape index (κ2) is 9.84. The first kappa shape index (κ1) is 22.0. The number of nitrogens with one attached hydrogen (secondary N) is 2. The maximum Gasteiger partial charge on any atom is 0.242 e. The fourth-order valence-electron chi connectivity index (χ4n) is 3.09. The van der Waals surface area contributed by atoms with E-state index < -0.39 is 10.0 Å². The van der Waals surface area contributed by atoms with Crippen molar-refractivity contribution in [1.82, 2.24) is 9.62 Å². The Morgan fingerprint density at radius 1 is 0.867 bits per heavy atom. The summed E-state index contributed by atoms with van der Waals surface area (Å²) in [5, 5.41) is 6.89. The SMILES string of the molecule is CN(C)S(=O)(=O)c1ccc(NC(=S)NCC(c2ccccc2)c2ccccc2)cc1. The van der Waals surface area contributed by atoms with Crippen LogP contribution in [-0.4, -0.2) is 38.5 Å². The first-order valence-electron chi connectivity index (χ1n) is 9.55. The summed E-state index contributed by atoms with van der Waals surface area (Å²) in [6, 6.07) is 27.1. The molecule has 0 fully saturated rings. The van der Waals surface area contributed by atoms with Crippen molar-refractivity contribution in [2.24, 2.45) is 0 Å². The molecule has 7 heteroatoms. The highest BCUT2D eigenvalue weighted by molar-refractivity contribution is 7.89. The molecule has 0 bridgehead atoms. The smallest absolute Gasteiger partial charge is 0.242 e. The molecular formula is C23H25N3O2S2. The molecule has 0 saturated heterocycles. The van der Waals surface area contributed by atoms with Gasteiger partial charge in [0, 0.05) is 32.2 Å². The van der Waals surface area contributed by atoms with E-state index in [2.05, 4.69) is 34.9 Å². The molecule has 0 aliphatic heterocycles. The zero-order valence-corrected chi connectivity index (χ0v) is 18.6. The molecule has 0 aliphatic rings. The van der Waals surface area contributed by atoms with Gasteiger partial charge in [0.05, 0.1) is 4.90 Å². The van der Waals surface area contributed by atoms with Crippen molar-refractivity contribution in [3.05, 3.63) is 96.1 Å². The summed E-state index contributed by atoms with van der Waals surface area (Å²) in [7, 11) is -0.427. The molecule has 0 aromatic heterocycles. The fraction of sp³-hybridized carbons (Fsp3) is 0.174. The minimum atomic E-state index is -3.45. The predicted molar refractivity (Wildman–Crippen MR) is 126 cm³/mol. The molecule has 0 amide bonds. The van der Waals surface area contributed by atoms with Crippen molar-refractivity contribution in [3.8, 4) is 0 Å². The Labute approximate surface area is 183 Å². The van der Waals surface area contributed by atoms with Gasteiger partial charge in [-0.15, -0.1) is 0 Å². The topological polar surface area (TPSA) is 61.4 Å². The molecule has 0 unspecified atom stereocenters. The van der Waals surface area contributed by atoms with Gasteiger partial charge in [-0.05, 0) is 47.6 Å². The third kappa shape index (κ3) is 5.44. The van der Waals surface area contributed by atoms with Crippen LogP contribution in [0, 0.1) is 0 Å². The van der Waals surface area contributed by atoms with Crippen LogP contribution >= 0.6 is 12.2 Å². The summed E-state index contributed by atoms with van der Waals surface area (Å²) in [6.07, 6.45) is 0. The summed E-state index contributed by atoms with van der Waals surface area (Å²) < 4.78 is 25.5. The quantitative estimate of drug-likeness (QED) is 0.544. The Morgan fingerprint density at radius 3 is 1.83 bits per heavy atom. The molecule has 3 aromatic carbocycles. The van der Waals surface area contributed by atoms with Crippen molar-refractivity contribution in [3.63, 3.8) is 0 Å². The Kier molecular flexibility index (Phi) is 7.20. The molecule has 0 spiro atoms. The molecule has 5 nitrogen and oxygen atoms in total. The van der Waals surface area contributed by atoms with Crippen LogP contribution in [0.2, 0.25) is 0 Å². The zero-order valence-electron chi connectivity index (χ0n) is 16.9. The van der Waals surface area contributed by atoms with Crippen LogP contribution in [0.25, 0.3) is 0 Å². The Morgan fingerprint density at radius 2 is 1.37 bits per heavy atom. The summed E-state index contributed by atoms with van der Waals surface area (Å²) in [6.45, 7) is 0.632. The van der Waals surface area contributed by atoms with Gasteiger partial charge in [0.15, 0.2) is 5.11 Å². The number of hydrogen-bond acceptors (Lipinski definition) is 3. The van der Waals surface area contributed by atoms with Gasteiger partial charge in [-0.3, -0.25) is 0 Å². The first-order chi connectivity index (χ1) is 14.4. The second-order valence-electron chi connectivity index (χ2n) is 7.02. The van der Waals surface area contributed by atoms with Crippen molar-refractivity contribution < 1.29 is 8.42 Å². The lowest BCUT2D eigenvalue weighted by atomic mass is 9.91. The minimum absolute atomic E-state index is 0.153. The molecule has 0 heterocycles. The van der Waals surface area contributed by atoms with Gasteiger partial charge in [0.1, 0.15) is 0 Å². The average molecular weight is 440 g/mol. The van der Waals surface area contributed by atoms with Crippen LogP contribution < -0.4 is 10.6 Å². The van der Waals surface area contributed by atoms with Crippen LogP contribution in [0.5, 0.6) is 0 Å². The summed E-state index contributed by atoms with van der Waals surface area (Å²) in [5.41, 5.74) is 3.13. The third-order valence-electron chi connectivity index (χ3n) is 4.76. The molecule has 3 rings (SSSR count). The van der Waals surface area contributed by atoms with E-state index in [0.717, 1.165) is 5.69 Å². The van der Waals surface area contributed by atoms with Gasteiger partial charge in [-0.2, -0.15) is 0 Å². The lowest BCUT2D eigenvalue weighted by molar-refractivity contribution is 0.521. The first-order valence-corrected chi connectivity index (χ1v) is 11.4. The molecular weight excluding hydrogens is 414 g/mol. The Bertz CT molecular complexity index is 1030. The number of benzene rings is 3. The van der Waals surface area contributed by atoms with E-state index >= 15 is 0 Å². The number of thiocarbonyl (C=S) groups is 1. The number of hydrogen-bond donors (Lipinski definition) is 2. The predicted octanol–water partition coefficient (Wildman–Crippen LogP) is 4.06. The molecule has 2 N–H and O–H groups in total. The lowest BCUT2D eigenvalue weighted by Crippen LogP contribution is -2.32. The van der Waals surface area contributed by atoms with Gasteiger partial charge in [0.2, 0.25) is 10.0 Å². The van der Waals surface area contributed by atoms with Crippen LogP contribution in [-0.2, 0) is 10.0 Å². The van der Waals surface area contributed by atoms with Crippen LogP contribution in [0.15, 0.2) is 89.8 Å². The van der Waals surface area contributed by atoms with Crippen molar-refractivity contribution in [1.29, 1.82) is 0 Å². The van der Waals surface area contributed by atoms with Gasteiger partial charge in [0.25, 0.3) is 0 Å². The summed E-state index contributed by atoms with van der Waals surface area (Å²) >= 11 is 5.45. The number of anilines is 1. The minimum Gasteiger partial charge on any atom is -0.361 e. The van der Waals surface area contributed by atoms with E-state index in [0.29, 0.717) is 11.7 Å². The second-order valence-corrected chi connectivity index (χ2v) is 9.58. The molecule has 0 aliphatic carbocycles. The van der Waals surface area contributed by atoms with E-state index in [1.165, 1.54) is 29.5 Å². The fourth-order valence-corrected chi connectivity index (χ4v) is 4.19. The number of sulfonamides is 1. The Hall–Kier alpha value is -2.74. The highest BCUT2D eigenvalue weighted by atomic mass is 32.2. The lowest BCUT2D eigenvalue weighted by Gasteiger charge is -2.20. The van der Waals surface area contributed by atoms with Crippen molar-refractivity contribution >= 4 is 33.0 Å². The third-order valence-corrected chi connectivity index (χ3v) is 6.84. The molecule has 30 heavy (non-hydrogen) atoms. The molecule has 0 saturated carbocycles. The van der Waals surface area contributed by atoms with E-state index in [1.54, 1.807) is 24.3 Å². The molecule has 0 atom stereocenters. The van der Waals surface area contributed by atoms with Gasteiger partial charge >= 0.3 is 0 Å². The summed E-state index contributed by atoms with van der Waals surface area (Å²) in [4.78, 5) is 0.241.